The first-order chi connectivity index (χ1) is 9.63. The molecule has 1 saturated heterocycles. The van der Waals surface area contributed by atoms with Crippen LogP contribution in [0.5, 0.6) is 0 Å². The summed E-state index contributed by atoms with van der Waals surface area (Å²) in [5, 5.41) is 2.49. The molecule has 1 aromatic rings. The number of imidazole rings is 1. The van der Waals surface area contributed by atoms with Crippen LogP contribution in [0.1, 0.15) is 18.5 Å². The Morgan fingerprint density at radius 1 is 1.65 bits per heavy atom. The number of H-pyrrole nitrogens is 1. The van der Waals surface area contributed by atoms with Gasteiger partial charge in [-0.3, -0.25) is 14.4 Å². The maximum absolute atomic E-state index is 12.4. The first-order valence-corrected chi connectivity index (χ1v) is 6.40. The average molecular weight is 279 g/mol. The van der Waals surface area contributed by atoms with Crippen molar-refractivity contribution in [2.75, 3.05) is 6.54 Å². The van der Waals surface area contributed by atoms with Gasteiger partial charge in [0.1, 0.15) is 12.1 Å². The Bertz CT molecular complexity index is 487. The molecular formula is C12H17N5O3. The summed E-state index contributed by atoms with van der Waals surface area (Å²) in [6.07, 6.45) is 5.16. The van der Waals surface area contributed by atoms with Crippen LogP contribution in [0.2, 0.25) is 0 Å². The zero-order valence-electron chi connectivity index (χ0n) is 10.9. The number of carbonyl (C=O) groups excluding carboxylic acids is 3. The van der Waals surface area contributed by atoms with E-state index < -0.39 is 18.0 Å². The molecule has 2 rings (SSSR count). The van der Waals surface area contributed by atoms with Gasteiger partial charge in [0.2, 0.25) is 18.2 Å². The van der Waals surface area contributed by atoms with Crippen molar-refractivity contribution in [2.45, 2.75) is 31.3 Å². The number of aromatic nitrogens is 2. The van der Waals surface area contributed by atoms with Gasteiger partial charge in [0.15, 0.2) is 0 Å². The number of carbonyl (C=O) groups is 3. The van der Waals surface area contributed by atoms with E-state index in [1.165, 1.54) is 11.2 Å². The first kappa shape index (κ1) is 14.0. The number of nitrogens with zero attached hydrogens (tertiary/aromatic N) is 2. The molecule has 0 radical (unpaired) electrons. The van der Waals surface area contributed by atoms with Gasteiger partial charge in [-0.1, -0.05) is 0 Å². The van der Waals surface area contributed by atoms with E-state index in [4.69, 9.17) is 5.73 Å². The van der Waals surface area contributed by atoms with E-state index in [2.05, 4.69) is 15.3 Å². The van der Waals surface area contributed by atoms with Crippen molar-refractivity contribution in [1.82, 2.24) is 20.2 Å². The Labute approximate surface area is 115 Å². The van der Waals surface area contributed by atoms with Crippen LogP contribution < -0.4 is 11.1 Å². The van der Waals surface area contributed by atoms with Crippen LogP contribution in [-0.4, -0.2) is 51.7 Å². The summed E-state index contributed by atoms with van der Waals surface area (Å²) < 4.78 is 0. The van der Waals surface area contributed by atoms with Crippen molar-refractivity contribution in [3.63, 3.8) is 0 Å². The van der Waals surface area contributed by atoms with Crippen LogP contribution in [0.15, 0.2) is 12.5 Å². The lowest BCUT2D eigenvalue weighted by atomic mass is 10.1. The number of nitrogens with one attached hydrogen (secondary N) is 2. The fourth-order valence-corrected chi connectivity index (χ4v) is 2.44. The Balaban J connectivity index is 2.09. The quantitative estimate of drug-likeness (QED) is 0.551. The predicted molar refractivity (Wildman–Crippen MR) is 69.2 cm³/mol. The molecule has 108 valence electrons. The predicted octanol–water partition coefficient (Wildman–Crippen LogP) is -1.46. The summed E-state index contributed by atoms with van der Waals surface area (Å²) >= 11 is 0. The minimum atomic E-state index is -0.729. The molecule has 8 heteroatoms. The molecule has 0 aromatic carbocycles. The molecule has 2 unspecified atom stereocenters. The van der Waals surface area contributed by atoms with E-state index in [1.54, 1.807) is 6.20 Å². The summed E-state index contributed by atoms with van der Waals surface area (Å²) in [7, 11) is 0. The number of hydrogen-bond acceptors (Lipinski definition) is 4. The van der Waals surface area contributed by atoms with Crippen molar-refractivity contribution in [3.8, 4) is 0 Å². The van der Waals surface area contributed by atoms with Crippen LogP contribution in [0.25, 0.3) is 0 Å². The normalized spacial score (nSPS) is 19.6. The second-order valence-corrected chi connectivity index (χ2v) is 4.71. The lowest BCUT2D eigenvalue weighted by Gasteiger charge is -2.26. The highest BCUT2D eigenvalue weighted by Crippen LogP contribution is 2.18. The number of nitrogens with two attached hydrogens (primary N) is 1. The number of primary amides is 1. The van der Waals surface area contributed by atoms with Crippen LogP contribution in [0, 0.1) is 0 Å². The Morgan fingerprint density at radius 2 is 2.45 bits per heavy atom. The number of likely N-dealkylation sites (tertiary alicyclic amines) is 1. The van der Waals surface area contributed by atoms with Crippen LogP contribution in [0.4, 0.5) is 0 Å². The molecule has 2 heterocycles. The molecule has 20 heavy (non-hydrogen) atoms. The molecule has 0 bridgehead atoms. The van der Waals surface area contributed by atoms with Crippen molar-refractivity contribution in [1.29, 1.82) is 0 Å². The molecule has 0 saturated carbocycles. The molecule has 1 aliphatic rings. The van der Waals surface area contributed by atoms with Gasteiger partial charge in [0, 0.05) is 24.9 Å². The Kier molecular flexibility index (Phi) is 4.34. The second kappa shape index (κ2) is 6.18. The lowest BCUT2D eigenvalue weighted by Crippen LogP contribution is -2.52. The molecule has 0 spiro atoms. The fourth-order valence-electron chi connectivity index (χ4n) is 2.44. The maximum atomic E-state index is 12.4. The zero-order valence-corrected chi connectivity index (χ0v) is 10.9. The van der Waals surface area contributed by atoms with Crippen LogP contribution in [-0.2, 0) is 20.8 Å². The van der Waals surface area contributed by atoms with E-state index in [0.29, 0.717) is 25.8 Å². The molecular weight excluding hydrogens is 262 g/mol. The van der Waals surface area contributed by atoms with E-state index in [0.717, 1.165) is 12.1 Å². The van der Waals surface area contributed by atoms with Gasteiger partial charge in [0.05, 0.1) is 6.33 Å². The second-order valence-electron chi connectivity index (χ2n) is 4.71. The van der Waals surface area contributed by atoms with Gasteiger partial charge < -0.3 is 20.9 Å². The molecule has 0 aliphatic carbocycles. The van der Waals surface area contributed by atoms with Crippen LogP contribution in [0.3, 0.4) is 0 Å². The monoisotopic (exact) mass is 279 g/mol. The minimum absolute atomic E-state index is 0.291. The molecule has 2 atom stereocenters. The van der Waals surface area contributed by atoms with Gasteiger partial charge in [-0.05, 0) is 12.8 Å². The molecule has 4 N–H and O–H groups in total. The number of aromatic amines is 1. The van der Waals surface area contributed by atoms with Crippen molar-refractivity contribution < 1.29 is 14.4 Å². The Morgan fingerprint density at radius 3 is 3.05 bits per heavy atom. The summed E-state index contributed by atoms with van der Waals surface area (Å²) in [6, 6.07) is -1.31. The first-order valence-electron chi connectivity index (χ1n) is 6.40. The van der Waals surface area contributed by atoms with Crippen molar-refractivity contribution in [3.05, 3.63) is 18.2 Å². The minimum Gasteiger partial charge on any atom is -0.368 e. The van der Waals surface area contributed by atoms with Gasteiger partial charge in [-0.15, -0.1) is 0 Å². The SMILES string of the molecule is NC(=O)C1CCCN1C(=O)C(Cc1cnc[nH]1)NC=O. The molecule has 1 aliphatic heterocycles. The van der Waals surface area contributed by atoms with E-state index >= 15 is 0 Å². The summed E-state index contributed by atoms with van der Waals surface area (Å²) in [4.78, 5) is 42.6. The lowest BCUT2D eigenvalue weighted by molar-refractivity contribution is -0.139. The third-order valence-electron chi connectivity index (χ3n) is 3.41. The smallest absolute Gasteiger partial charge is 0.246 e. The van der Waals surface area contributed by atoms with Crippen molar-refractivity contribution in [2.24, 2.45) is 5.73 Å². The summed E-state index contributed by atoms with van der Waals surface area (Å²) in [5.41, 5.74) is 6.03. The van der Waals surface area contributed by atoms with Gasteiger partial charge in [-0.25, -0.2) is 4.98 Å². The highest BCUT2D eigenvalue weighted by atomic mass is 16.2. The third-order valence-corrected chi connectivity index (χ3v) is 3.41. The van der Waals surface area contributed by atoms with E-state index in [1.807, 2.05) is 0 Å². The van der Waals surface area contributed by atoms with E-state index in [9.17, 15) is 14.4 Å². The van der Waals surface area contributed by atoms with Gasteiger partial charge >= 0.3 is 0 Å². The number of amides is 3. The van der Waals surface area contributed by atoms with Gasteiger partial charge in [0.25, 0.3) is 0 Å². The van der Waals surface area contributed by atoms with Crippen LogP contribution >= 0.6 is 0 Å². The average Bonchev–Trinajstić information content (AvgIpc) is 3.08. The molecule has 8 nitrogen and oxygen atoms in total. The largest absolute Gasteiger partial charge is 0.368 e. The standard InChI is InChI=1S/C12H17N5O3/c13-11(19)10-2-1-3-17(10)12(20)9(16-7-18)4-8-5-14-6-15-8/h5-7,9-10H,1-4H2,(H2,13,19)(H,14,15)(H,16,18). The third kappa shape index (κ3) is 2.95. The zero-order chi connectivity index (χ0) is 14.5. The van der Waals surface area contributed by atoms with E-state index in [-0.39, 0.29) is 5.91 Å². The molecule has 1 fully saturated rings. The maximum Gasteiger partial charge on any atom is 0.246 e. The summed E-state index contributed by atoms with van der Waals surface area (Å²) in [6.45, 7) is 0.479. The fraction of sp³-hybridized carbons (Fsp3) is 0.500. The highest BCUT2D eigenvalue weighted by molar-refractivity contribution is 5.90. The summed E-state index contributed by atoms with van der Waals surface area (Å²) in [5.74, 6) is -0.810. The topological polar surface area (TPSA) is 121 Å². The number of rotatable bonds is 6. The molecule has 1 aromatic heterocycles. The van der Waals surface area contributed by atoms with Gasteiger partial charge in [-0.2, -0.15) is 0 Å². The highest BCUT2D eigenvalue weighted by Gasteiger charge is 2.36. The number of hydrogen-bond donors (Lipinski definition) is 3. The Hall–Kier alpha value is -2.38. The molecule has 3 amide bonds. The van der Waals surface area contributed by atoms with Crippen molar-refractivity contribution >= 4 is 18.2 Å².